The van der Waals surface area contributed by atoms with E-state index in [9.17, 15) is 4.79 Å². The fourth-order valence-corrected chi connectivity index (χ4v) is 4.15. The summed E-state index contributed by atoms with van der Waals surface area (Å²) in [5.41, 5.74) is 3.29. The Morgan fingerprint density at radius 2 is 1.82 bits per heavy atom. The smallest absolute Gasteiger partial charge is 0.222 e. The first kappa shape index (κ1) is 21.0. The monoisotopic (exact) mass is 418 g/mol. The number of nitrogens with zero attached hydrogens (tertiary/aromatic N) is 2. The van der Waals surface area contributed by atoms with Gasteiger partial charge in [-0.05, 0) is 54.7 Å². The van der Waals surface area contributed by atoms with Crippen molar-refractivity contribution in [2.24, 2.45) is 5.92 Å². The van der Waals surface area contributed by atoms with Gasteiger partial charge in [-0.25, -0.2) is 0 Å². The molecule has 1 aliphatic rings. The zero-order valence-corrected chi connectivity index (χ0v) is 18.3. The van der Waals surface area contributed by atoms with E-state index in [2.05, 4.69) is 30.9 Å². The largest absolute Gasteiger partial charge is 0.360 e. The summed E-state index contributed by atoms with van der Waals surface area (Å²) in [6.07, 6.45) is 1.53. The molecule has 150 valence electrons. The topological polar surface area (TPSA) is 23.6 Å². The Labute approximate surface area is 178 Å². The van der Waals surface area contributed by atoms with Crippen LogP contribution in [0.5, 0.6) is 0 Å². The summed E-state index contributed by atoms with van der Waals surface area (Å²) < 4.78 is 0. The molecule has 2 aromatic carbocycles. The molecule has 3 rings (SSSR count). The first-order chi connectivity index (χ1) is 13.3. The lowest BCUT2D eigenvalue weighted by atomic mass is 10.00. The van der Waals surface area contributed by atoms with Gasteiger partial charge in [0, 0.05) is 31.1 Å². The molecule has 0 radical (unpaired) electrons. The maximum absolute atomic E-state index is 12.7. The number of benzene rings is 2. The van der Waals surface area contributed by atoms with Crippen LogP contribution in [-0.2, 0) is 4.79 Å². The van der Waals surface area contributed by atoms with Crippen LogP contribution in [0, 0.1) is 12.8 Å². The van der Waals surface area contributed by atoms with Crippen molar-refractivity contribution in [3.05, 3.63) is 63.6 Å². The first-order valence-electron chi connectivity index (χ1n) is 9.91. The maximum atomic E-state index is 12.7. The van der Waals surface area contributed by atoms with Crippen molar-refractivity contribution in [1.82, 2.24) is 4.90 Å². The van der Waals surface area contributed by atoms with Gasteiger partial charge in [0.2, 0.25) is 5.91 Å². The van der Waals surface area contributed by atoms with Crippen molar-refractivity contribution in [3.63, 3.8) is 0 Å². The lowest BCUT2D eigenvalue weighted by Crippen LogP contribution is -2.50. The number of rotatable bonds is 5. The summed E-state index contributed by atoms with van der Waals surface area (Å²) in [5, 5.41) is 1.46. The minimum Gasteiger partial charge on any atom is -0.360 e. The highest BCUT2D eigenvalue weighted by Gasteiger charge is 2.31. The predicted octanol–water partition coefficient (Wildman–Crippen LogP) is 6.13. The molecule has 1 amide bonds. The van der Waals surface area contributed by atoms with Crippen LogP contribution < -0.4 is 4.90 Å². The molecule has 1 fully saturated rings. The molecule has 28 heavy (non-hydrogen) atoms. The number of amides is 1. The minimum atomic E-state index is 0.0502. The van der Waals surface area contributed by atoms with Gasteiger partial charge in [-0.2, -0.15) is 0 Å². The van der Waals surface area contributed by atoms with Crippen LogP contribution in [0.2, 0.25) is 10.0 Å². The fourth-order valence-electron chi connectivity index (χ4n) is 3.68. The standard InChI is InChI=1S/C23H28Cl2N2O/c1-16(2)4-11-23(28)26-12-13-27(21-10-5-17(3)14-20(21)25)22(15-26)18-6-8-19(24)9-7-18/h5-10,14,16,22H,4,11-13,15H2,1-3H3/t22-/m0/s1. The Balaban J connectivity index is 1.88. The Morgan fingerprint density at radius 1 is 1.11 bits per heavy atom. The van der Waals surface area contributed by atoms with Gasteiger partial charge in [0.25, 0.3) is 0 Å². The van der Waals surface area contributed by atoms with Gasteiger partial charge >= 0.3 is 0 Å². The molecule has 1 saturated heterocycles. The molecular formula is C23H28Cl2N2O. The second-order valence-electron chi connectivity index (χ2n) is 7.99. The average molecular weight is 419 g/mol. The molecule has 0 N–H and O–H groups in total. The van der Waals surface area contributed by atoms with Gasteiger partial charge in [-0.15, -0.1) is 0 Å². The number of halogens is 2. The second kappa shape index (κ2) is 9.19. The number of hydrogen-bond acceptors (Lipinski definition) is 2. The Kier molecular flexibility index (Phi) is 6.90. The van der Waals surface area contributed by atoms with Gasteiger partial charge in [0.15, 0.2) is 0 Å². The summed E-state index contributed by atoms with van der Waals surface area (Å²) in [4.78, 5) is 17.1. The van der Waals surface area contributed by atoms with Crippen molar-refractivity contribution in [2.45, 2.75) is 39.7 Å². The molecule has 1 atom stereocenters. The highest BCUT2D eigenvalue weighted by molar-refractivity contribution is 6.33. The molecular weight excluding hydrogens is 391 g/mol. The van der Waals surface area contributed by atoms with E-state index in [1.165, 1.54) is 0 Å². The summed E-state index contributed by atoms with van der Waals surface area (Å²) in [6, 6.07) is 14.1. The molecule has 0 unspecified atom stereocenters. The van der Waals surface area contributed by atoms with Gasteiger partial charge in [-0.3, -0.25) is 4.79 Å². The van der Waals surface area contributed by atoms with E-state index in [4.69, 9.17) is 23.2 Å². The maximum Gasteiger partial charge on any atom is 0.222 e. The van der Waals surface area contributed by atoms with E-state index in [0.717, 1.165) is 34.8 Å². The highest BCUT2D eigenvalue weighted by Crippen LogP contribution is 2.36. The van der Waals surface area contributed by atoms with Gasteiger partial charge in [0.05, 0.1) is 16.8 Å². The molecule has 1 aliphatic heterocycles. The molecule has 2 aromatic rings. The third-order valence-electron chi connectivity index (χ3n) is 5.34. The van der Waals surface area contributed by atoms with E-state index in [-0.39, 0.29) is 11.9 Å². The van der Waals surface area contributed by atoms with Crippen LogP contribution >= 0.6 is 23.2 Å². The van der Waals surface area contributed by atoms with E-state index < -0.39 is 0 Å². The summed E-state index contributed by atoms with van der Waals surface area (Å²) >= 11 is 12.7. The predicted molar refractivity (Wildman–Crippen MR) is 118 cm³/mol. The molecule has 0 saturated carbocycles. The van der Waals surface area contributed by atoms with E-state index in [0.29, 0.717) is 30.5 Å². The summed E-state index contributed by atoms with van der Waals surface area (Å²) in [6.45, 7) is 8.47. The second-order valence-corrected chi connectivity index (χ2v) is 8.83. The SMILES string of the molecule is Cc1ccc(N2CCN(C(=O)CCC(C)C)C[C@H]2c2ccc(Cl)cc2)c(Cl)c1. The quantitative estimate of drug-likeness (QED) is 0.582. The van der Waals surface area contributed by atoms with Crippen molar-refractivity contribution in [2.75, 3.05) is 24.5 Å². The molecule has 0 aromatic heterocycles. The van der Waals surface area contributed by atoms with Gasteiger partial charge in [-0.1, -0.05) is 55.2 Å². The third-order valence-corrected chi connectivity index (χ3v) is 5.89. The third kappa shape index (κ3) is 5.01. The van der Waals surface area contributed by atoms with Gasteiger partial charge in [0.1, 0.15) is 0 Å². The molecule has 5 heteroatoms. The molecule has 0 aliphatic carbocycles. The van der Waals surface area contributed by atoms with Crippen LogP contribution in [0.1, 0.15) is 43.9 Å². The minimum absolute atomic E-state index is 0.0502. The number of piperazine rings is 1. The zero-order valence-electron chi connectivity index (χ0n) is 16.8. The van der Waals surface area contributed by atoms with Crippen molar-refractivity contribution in [1.29, 1.82) is 0 Å². The number of anilines is 1. The Morgan fingerprint density at radius 3 is 2.46 bits per heavy atom. The molecule has 0 bridgehead atoms. The lowest BCUT2D eigenvalue weighted by molar-refractivity contribution is -0.132. The van der Waals surface area contributed by atoms with E-state index >= 15 is 0 Å². The van der Waals surface area contributed by atoms with Crippen molar-refractivity contribution < 1.29 is 4.79 Å². The molecule has 0 spiro atoms. The zero-order chi connectivity index (χ0) is 20.3. The summed E-state index contributed by atoms with van der Waals surface area (Å²) in [5.74, 6) is 0.769. The van der Waals surface area contributed by atoms with E-state index in [1.54, 1.807) is 0 Å². The molecule has 1 heterocycles. The number of aryl methyl sites for hydroxylation is 1. The number of carbonyl (C=O) groups is 1. The van der Waals surface area contributed by atoms with E-state index in [1.807, 2.05) is 42.2 Å². The van der Waals surface area contributed by atoms with Crippen LogP contribution in [0.25, 0.3) is 0 Å². The van der Waals surface area contributed by atoms with Crippen LogP contribution in [0.4, 0.5) is 5.69 Å². The lowest BCUT2D eigenvalue weighted by Gasteiger charge is -2.43. The van der Waals surface area contributed by atoms with Gasteiger partial charge < -0.3 is 9.80 Å². The van der Waals surface area contributed by atoms with Crippen molar-refractivity contribution >= 4 is 34.8 Å². The average Bonchev–Trinajstić information content (AvgIpc) is 2.66. The number of carbonyl (C=O) groups excluding carboxylic acids is 1. The number of hydrogen-bond donors (Lipinski definition) is 0. The van der Waals surface area contributed by atoms with Crippen LogP contribution in [0.15, 0.2) is 42.5 Å². The normalized spacial score (nSPS) is 17.3. The Bertz CT molecular complexity index is 820. The fraction of sp³-hybridized carbons (Fsp3) is 0.435. The Hall–Kier alpha value is -1.71. The first-order valence-corrected chi connectivity index (χ1v) is 10.7. The van der Waals surface area contributed by atoms with Crippen LogP contribution in [0.3, 0.4) is 0 Å². The molecule has 3 nitrogen and oxygen atoms in total. The van der Waals surface area contributed by atoms with Crippen LogP contribution in [-0.4, -0.2) is 30.4 Å². The highest BCUT2D eigenvalue weighted by atomic mass is 35.5. The van der Waals surface area contributed by atoms with Crippen molar-refractivity contribution in [3.8, 4) is 0 Å². The summed E-state index contributed by atoms with van der Waals surface area (Å²) in [7, 11) is 0.